The lowest BCUT2D eigenvalue weighted by Crippen LogP contribution is -2.29. The van der Waals surface area contributed by atoms with Crippen LogP contribution in [0.25, 0.3) is 0 Å². The maximum atomic E-state index is 10.7. The Hall–Kier alpha value is -2.27. The fraction of sp³-hybridized carbons (Fsp3) is 0.353. The molecule has 2 rings (SSSR count). The van der Waals surface area contributed by atoms with Crippen molar-refractivity contribution in [1.82, 2.24) is 10.3 Å². The third-order valence-electron chi connectivity index (χ3n) is 3.71. The highest BCUT2D eigenvalue weighted by molar-refractivity contribution is 5.34. The van der Waals surface area contributed by atoms with Crippen LogP contribution < -0.4 is 5.32 Å². The second-order valence-corrected chi connectivity index (χ2v) is 5.71. The normalized spacial score (nSPS) is 13.8. The van der Waals surface area contributed by atoms with E-state index in [9.17, 15) is 10.1 Å². The van der Waals surface area contributed by atoms with Crippen molar-refractivity contribution in [2.45, 2.75) is 32.9 Å². The summed E-state index contributed by atoms with van der Waals surface area (Å²) in [5.74, 6) is 0.385. The Morgan fingerprint density at radius 2 is 1.77 bits per heavy atom. The molecule has 0 amide bonds. The average Bonchev–Trinajstić information content (AvgIpc) is 2.53. The topological polar surface area (TPSA) is 68.1 Å². The Morgan fingerprint density at radius 3 is 2.27 bits per heavy atom. The average molecular weight is 299 g/mol. The number of hydrogen-bond acceptors (Lipinski definition) is 4. The van der Waals surface area contributed by atoms with Crippen molar-refractivity contribution in [2.24, 2.45) is 5.92 Å². The predicted octanol–water partition coefficient (Wildman–Crippen LogP) is 4.04. The summed E-state index contributed by atoms with van der Waals surface area (Å²) >= 11 is 0. The SMILES string of the molecule is CC(C)[C@@H](N[C@H](C)c1ccc([N+](=O)[O-])cc1)c1ccccn1. The fourth-order valence-electron chi connectivity index (χ4n) is 2.43. The third kappa shape index (κ3) is 3.89. The first kappa shape index (κ1) is 16.1. The van der Waals surface area contributed by atoms with E-state index in [-0.39, 0.29) is 22.7 Å². The van der Waals surface area contributed by atoms with Crippen molar-refractivity contribution < 1.29 is 4.92 Å². The molecule has 2 aromatic rings. The first-order valence-corrected chi connectivity index (χ1v) is 7.40. The number of aromatic nitrogens is 1. The number of nitrogens with one attached hydrogen (secondary N) is 1. The molecule has 5 nitrogen and oxygen atoms in total. The van der Waals surface area contributed by atoms with E-state index in [1.54, 1.807) is 30.5 Å². The lowest BCUT2D eigenvalue weighted by Gasteiger charge is -2.26. The van der Waals surface area contributed by atoms with Crippen molar-refractivity contribution in [3.8, 4) is 0 Å². The van der Waals surface area contributed by atoms with E-state index in [2.05, 4.69) is 31.1 Å². The molecule has 0 saturated carbocycles. The summed E-state index contributed by atoms with van der Waals surface area (Å²) in [4.78, 5) is 14.8. The van der Waals surface area contributed by atoms with Crippen LogP contribution in [-0.4, -0.2) is 9.91 Å². The lowest BCUT2D eigenvalue weighted by molar-refractivity contribution is -0.384. The molecule has 1 aromatic carbocycles. The number of benzene rings is 1. The number of non-ortho nitro benzene ring substituents is 1. The molecule has 0 aliphatic rings. The molecule has 5 heteroatoms. The summed E-state index contributed by atoms with van der Waals surface area (Å²) in [7, 11) is 0. The van der Waals surface area contributed by atoms with Gasteiger partial charge in [0.15, 0.2) is 0 Å². The summed E-state index contributed by atoms with van der Waals surface area (Å²) in [6.07, 6.45) is 1.79. The second kappa shape index (κ2) is 7.13. The van der Waals surface area contributed by atoms with Gasteiger partial charge in [0, 0.05) is 24.4 Å². The summed E-state index contributed by atoms with van der Waals surface area (Å²) in [6, 6.07) is 12.8. The Labute approximate surface area is 130 Å². The highest BCUT2D eigenvalue weighted by Gasteiger charge is 2.20. The molecule has 0 spiro atoms. The second-order valence-electron chi connectivity index (χ2n) is 5.71. The first-order valence-electron chi connectivity index (χ1n) is 7.40. The maximum absolute atomic E-state index is 10.7. The van der Waals surface area contributed by atoms with Gasteiger partial charge in [0.05, 0.1) is 16.7 Å². The quantitative estimate of drug-likeness (QED) is 0.645. The number of nitrogens with zero attached hydrogens (tertiary/aromatic N) is 2. The first-order chi connectivity index (χ1) is 10.5. The van der Waals surface area contributed by atoms with Gasteiger partial charge in [-0.2, -0.15) is 0 Å². The van der Waals surface area contributed by atoms with E-state index in [1.165, 1.54) is 0 Å². The van der Waals surface area contributed by atoms with Crippen LogP contribution in [0.3, 0.4) is 0 Å². The molecule has 0 fully saturated rings. The van der Waals surface area contributed by atoms with Crippen LogP contribution in [-0.2, 0) is 0 Å². The van der Waals surface area contributed by atoms with Gasteiger partial charge in [-0.1, -0.05) is 32.0 Å². The smallest absolute Gasteiger partial charge is 0.269 e. The van der Waals surface area contributed by atoms with Crippen molar-refractivity contribution in [2.75, 3.05) is 0 Å². The van der Waals surface area contributed by atoms with E-state index in [0.29, 0.717) is 5.92 Å². The molecule has 2 atom stereocenters. The van der Waals surface area contributed by atoms with Crippen molar-refractivity contribution in [3.05, 3.63) is 70.0 Å². The van der Waals surface area contributed by atoms with E-state index in [0.717, 1.165) is 11.3 Å². The molecule has 0 unspecified atom stereocenters. The molecule has 0 saturated heterocycles. The van der Waals surface area contributed by atoms with Crippen LogP contribution in [0.4, 0.5) is 5.69 Å². The molecule has 0 aliphatic carbocycles. The summed E-state index contributed by atoms with van der Waals surface area (Å²) in [6.45, 7) is 6.35. The fourth-order valence-corrected chi connectivity index (χ4v) is 2.43. The minimum Gasteiger partial charge on any atom is -0.302 e. The minimum atomic E-state index is -0.382. The van der Waals surface area contributed by atoms with Gasteiger partial charge in [0.2, 0.25) is 0 Å². The molecular weight excluding hydrogens is 278 g/mol. The van der Waals surface area contributed by atoms with Gasteiger partial charge in [0.25, 0.3) is 5.69 Å². The van der Waals surface area contributed by atoms with Crippen molar-refractivity contribution in [1.29, 1.82) is 0 Å². The molecular formula is C17H21N3O2. The highest BCUT2D eigenvalue weighted by Crippen LogP contribution is 2.25. The molecule has 0 aliphatic heterocycles. The van der Waals surface area contributed by atoms with Crippen LogP contribution in [0.15, 0.2) is 48.7 Å². The Balaban J connectivity index is 2.14. The zero-order valence-electron chi connectivity index (χ0n) is 13.1. The number of rotatable bonds is 6. The lowest BCUT2D eigenvalue weighted by atomic mass is 9.98. The van der Waals surface area contributed by atoms with Gasteiger partial charge >= 0.3 is 0 Å². The van der Waals surface area contributed by atoms with Crippen molar-refractivity contribution >= 4 is 5.69 Å². The standard InChI is InChI=1S/C17H21N3O2/c1-12(2)17(16-6-4-5-11-18-16)19-13(3)14-7-9-15(10-8-14)20(21)22/h4-13,17,19H,1-3H3/t13-,17-/m1/s1. The Morgan fingerprint density at radius 1 is 1.09 bits per heavy atom. The van der Waals surface area contributed by atoms with Crippen LogP contribution in [0.2, 0.25) is 0 Å². The molecule has 1 heterocycles. The molecule has 22 heavy (non-hydrogen) atoms. The third-order valence-corrected chi connectivity index (χ3v) is 3.71. The van der Waals surface area contributed by atoms with E-state index < -0.39 is 0 Å². The van der Waals surface area contributed by atoms with Gasteiger partial charge < -0.3 is 5.32 Å². The monoisotopic (exact) mass is 299 g/mol. The Kier molecular flexibility index (Phi) is 5.22. The summed E-state index contributed by atoms with van der Waals surface area (Å²) in [5.41, 5.74) is 2.14. The summed E-state index contributed by atoms with van der Waals surface area (Å²) < 4.78 is 0. The maximum Gasteiger partial charge on any atom is 0.269 e. The van der Waals surface area contributed by atoms with Crippen molar-refractivity contribution in [3.63, 3.8) is 0 Å². The molecule has 116 valence electrons. The van der Waals surface area contributed by atoms with E-state index in [4.69, 9.17) is 0 Å². The van der Waals surface area contributed by atoms with E-state index in [1.807, 2.05) is 18.2 Å². The van der Waals surface area contributed by atoms with Crippen LogP contribution in [0.5, 0.6) is 0 Å². The molecule has 0 radical (unpaired) electrons. The number of nitro groups is 1. The molecule has 1 N–H and O–H groups in total. The molecule has 1 aromatic heterocycles. The van der Waals surface area contributed by atoms with Gasteiger partial charge in [-0.05, 0) is 30.5 Å². The largest absolute Gasteiger partial charge is 0.302 e. The Bertz CT molecular complexity index is 612. The number of pyridine rings is 1. The minimum absolute atomic E-state index is 0.0789. The van der Waals surface area contributed by atoms with Crippen LogP contribution >= 0.6 is 0 Å². The highest BCUT2D eigenvalue weighted by atomic mass is 16.6. The molecule has 0 bridgehead atoms. The van der Waals surface area contributed by atoms with Gasteiger partial charge in [-0.25, -0.2) is 0 Å². The zero-order valence-corrected chi connectivity index (χ0v) is 13.1. The van der Waals surface area contributed by atoms with Crippen LogP contribution in [0.1, 0.15) is 44.1 Å². The zero-order chi connectivity index (χ0) is 16.1. The van der Waals surface area contributed by atoms with Gasteiger partial charge in [0.1, 0.15) is 0 Å². The number of hydrogen-bond donors (Lipinski definition) is 1. The predicted molar refractivity (Wildman–Crippen MR) is 86.5 cm³/mol. The van der Waals surface area contributed by atoms with E-state index >= 15 is 0 Å². The number of nitro benzene ring substituents is 1. The van der Waals surface area contributed by atoms with Gasteiger partial charge in [-0.15, -0.1) is 0 Å². The summed E-state index contributed by atoms with van der Waals surface area (Å²) in [5, 5.41) is 14.3. The van der Waals surface area contributed by atoms with Crippen LogP contribution in [0, 0.1) is 16.0 Å². The van der Waals surface area contributed by atoms with Gasteiger partial charge in [-0.3, -0.25) is 15.1 Å².